The number of fused-ring (bicyclic) bond motifs is 1. The number of hydrogen-bond donors (Lipinski definition) is 1. The van der Waals surface area contributed by atoms with Crippen LogP contribution in [0.2, 0.25) is 0 Å². The van der Waals surface area contributed by atoms with Gasteiger partial charge in [0.15, 0.2) is 5.13 Å². The van der Waals surface area contributed by atoms with Gasteiger partial charge in [-0.1, -0.05) is 91.3 Å². The molecule has 0 aliphatic heterocycles. The molecule has 0 spiro atoms. The van der Waals surface area contributed by atoms with Crippen LogP contribution >= 0.6 is 27.3 Å². The van der Waals surface area contributed by atoms with Crippen LogP contribution in [0.25, 0.3) is 33.4 Å². The van der Waals surface area contributed by atoms with Gasteiger partial charge in [0, 0.05) is 26.4 Å². The van der Waals surface area contributed by atoms with Crippen molar-refractivity contribution in [3.05, 3.63) is 99.8 Å². The summed E-state index contributed by atoms with van der Waals surface area (Å²) in [6.07, 6.45) is 0. The fourth-order valence-corrected chi connectivity index (χ4v) is 4.88. The molecule has 1 amide bonds. The Morgan fingerprint density at radius 3 is 2.23 bits per heavy atom. The average Bonchev–Trinajstić information content (AvgIpc) is 3.32. The van der Waals surface area contributed by atoms with Crippen LogP contribution in [-0.2, 0) is 5.41 Å². The molecule has 0 atom stereocenters. The molecule has 5 rings (SSSR count). The molecule has 4 nitrogen and oxygen atoms in total. The predicted octanol–water partition coefficient (Wildman–Crippen LogP) is 8.34. The number of anilines is 1. The first-order chi connectivity index (χ1) is 16.8. The lowest BCUT2D eigenvalue weighted by Crippen LogP contribution is -2.13. The van der Waals surface area contributed by atoms with Crippen LogP contribution in [-0.4, -0.2) is 15.9 Å². The van der Waals surface area contributed by atoms with E-state index in [1.807, 2.05) is 60.0 Å². The number of benzene rings is 3. The van der Waals surface area contributed by atoms with Crippen molar-refractivity contribution in [1.29, 1.82) is 0 Å². The molecule has 35 heavy (non-hydrogen) atoms. The van der Waals surface area contributed by atoms with Gasteiger partial charge >= 0.3 is 0 Å². The number of thiazole rings is 1. The van der Waals surface area contributed by atoms with Crippen LogP contribution in [0.5, 0.6) is 0 Å². The standard InChI is InChI=1S/C29H24BrN3OS/c1-29(2,3)20-12-8-19(9-13-20)26-17-35-28(32-26)33-27(34)23-16-25(18-10-14-21(30)15-11-18)31-24-7-5-4-6-22(23)24/h4-17H,1-3H3,(H,32,33,34). The lowest BCUT2D eigenvalue weighted by atomic mass is 9.86. The zero-order valence-corrected chi connectivity index (χ0v) is 22.1. The maximum absolute atomic E-state index is 13.4. The summed E-state index contributed by atoms with van der Waals surface area (Å²) in [6.45, 7) is 6.59. The Morgan fingerprint density at radius 2 is 1.51 bits per heavy atom. The third-order valence-corrected chi connectivity index (χ3v) is 7.16. The van der Waals surface area contributed by atoms with E-state index in [4.69, 9.17) is 4.98 Å². The topological polar surface area (TPSA) is 54.9 Å². The minimum atomic E-state index is -0.203. The van der Waals surface area contributed by atoms with Crippen molar-refractivity contribution in [3.63, 3.8) is 0 Å². The second-order valence-electron chi connectivity index (χ2n) is 9.40. The SMILES string of the molecule is CC(C)(C)c1ccc(-c2csc(NC(=O)c3cc(-c4ccc(Br)cc4)nc4ccccc34)n2)cc1. The number of carbonyl (C=O) groups excluding carboxylic acids is 1. The van der Waals surface area contributed by atoms with Gasteiger partial charge in [-0.15, -0.1) is 11.3 Å². The highest BCUT2D eigenvalue weighted by Crippen LogP contribution is 2.30. The summed E-state index contributed by atoms with van der Waals surface area (Å²) in [4.78, 5) is 22.8. The lowest BCUT2D eigenvalue weighted by Gasteiger charge is -2.18. The molecule has 3 aromatic carbocycles. The molecule has 2 aromatic heterocycles. The molecular formula is C29H24BrN3OS. The molecule has 0 saturated carbocycles. The monoisotopic (exact) mass is 541 g/mol. The molecule has 0 radical (unpaired) electrons. The summed E-state index contributed by atoms with van der Waals surface area (Å²) >= 11 is 4.89. The number of carbonyl (C=O) groups is 1. The Hall–Kier alpha value is -3.35. The third-order valence-electron chi connectivity index (χ3n) is 5.87. The van der Waals surface area contributed by atoms with Gasteiger partial charge in [0.25, 0.3) is 5.91 Å². The predicted molar refractivity (Wildman–Crippen MR) is 149 cm³/mol. The molecule has 5 aromatic rings. The van der Waals surface area contributed by atoms with Crippen molar-refractivity contribution in [2.45, 2.75) is 26.2 Å². The Labute approximate surface area is 217 Å². The van der Waals surface area contributed by atoms with Crippen LogP contribution in [0, 0.1) is 0 Å². The number of amides is 1. The van der Waals surface area contributed by atoms with Gasteiger partial charge in [0.2, 0.25) is 0 Å². The lowest BCUT2D eigenvalue weighted by molar-refractivity contribution is 0.102. The van der Waals surface area contributed by atoms with E-state index in [0.717, 1.165) is 37.9 Å². The number of nitrogens with zero attached hydrogens (tertiary/aromatic N) is 2. The Bertz CT molecular complexity index is 1520. The van der Waals surface area contributed by atoms with Crippen LogP contribution in [0.3, 0.4) is 0 Å². The van der Waals surface area contributed by atoms with E-state index >= 15 is 0 Å². The van der Waals surface area contributed by atoms with Crippen LogP contribution < -0.4 is 5.32 Å². The van der Waals surface area contributed by atoms with Crippen LogP contribution in [0.1, 0.15) is 36.7 Å². The largest absolute Gasteiger partial charge is 0.298 e. The maximum atomic E-state index is 13.4. The fraction of sp³-hybridized carbons (Fsp3) is 0.138. The van der Waals surface area contributed by atoms with E-state index in [-0.39, 0.29) is 11.3 Å². The average molecular weight is 543 g/mol. The van der Waals surface area contributed by atoms with E-state index in [9.17, 15) is 4.79 Å². The summed E-state index contributed by atoms with van der Waals surface area (Å²) < 4.78 is 0.993. The molecule has 0 unspecified atom stereocenters. The maximum Gasteiger partial charge on any atom is 0.258 e. The highest BCUT2D eigenvalue weighted by Gasteiger charge is 2.17. The zero-order chi connectivity index (χ0) is 24.6. The van der Waals surface area contributed by atoms with Crippen LogP contribution in [0.15, 0.2) is 88.7 Å². The van der Waals surface area contributed by atoms with E-state index in [1.54, 1.807) is 0 Å². The number of aromatic nitrogens is 2. The third kappa shape index (κ3) is 5.04. The quantitative estimate of drug-likeness (QED) is 0.248. The Balaban J connectivity index is 1.44. The molecule has 0 saturated heterocycles. The first kappa shape index (κ1) is 23.4. The van der Waals surface area contributed by atoms with Gasteiger partial charge < -0.3 is 0 Å². The van der Waals surface area contributed by atoms with Gasteiger partial charge in [-0.2, -0.15) is 0 Å². The molecule has 174 valence electrons. The van der Waals surface area contributed by atoms with Gasteiger partial charge in [0.05, 0.1) is 22.5 Å². The highest BCUT2D eigenvalue weighted by molar-refractivity contribution is 9.10. The van der Waals surface area contributed by atoms with Gasteiger partial charge in [0.1, 0.15) is 0 Å². The molecular weight excluding hydrogens is 518 g/mol. The minimum absolute atomic E-state index is 0.0994. The number of rotatable bonds is 4. The summed E-state index contributed by atoms with van der Waals surface area (Å²) in [5, 5.41) is 6.34. The molecule has 1 N–H and O–H groups in total. The number of halogens is 1. The summed E-state index contributed by atoms with van der Waals surface area (Å²) in [7, 11) is 0. The van der Waals surface area contributed by atoms with E-state index in [0.29, 0.717) is 10.7 Å². The number of para-hydroxylation sites is 1. The van der Waals surface area contributed by atoms with E-state index < -0.39 is 0 Å². The summed E-state index contributed by atoms with van der Waals surface area (Å²) in [6, 6.07) is 25.9. The number of hydrogen-bond acceptors (Lipinski definition) is 4. The van der Waals surface area contributed by atoms with Crippen molar-refractivity contribution in [3.8, 4) is 22.5 Å². The smallest absolute Gasteiger partial charge is 0.258 e. The normalized spacial score (nSPS) is 11.5. The molecule has 0 fully saturated rings. The Kier molecular flexibility index (Phi) is 6.26. The zero-order valence-electron chi connectivity index (χ0n) is 19.7. The second kappa shape index (κ2) is 9.36. The summed E-state index contributed by atoms with van der Waals surface area (Å²) in [5.41, 5.74) is 6.29. The van der Waals surface area contributed by atoms with Gasteiger partial charge in [-0.3, -0.25) is 10.1 Å². The first-order valence-electron chi connectivity index (χ1n) is 11.3. The minimum Gasteiger partial charge on any atom is -0.298 e. The molecule has 0 bridgehead atoms. The molecule has 6 heteroatoms. The second-order valence-corrected chi connectivity index (χ2v) is 11.2. The van der Waals surface area contributed by atoms with E-state index in [2.05, 4.69) is 71.3 Å². The van der Waals surface area contributed by atoms with Crippen LogP contribution in [0.4, 0.5) is 5.13 Å². The molecule has 0 aliphatic carbocycles. The summed E-state index contributed by atoms with van der Waals surface area (Å²) in [5.74, 6) is -0.203. The van der Waals surface area contributed by atoms with Crippen molar-refractivity contribution in [2.75, 3.05) is 5.32 Å². The fourth-order valence-electron chi connectivity index (χ4n) is 3.90. The van der Waals surface area contributed by atoms with Gasteiger partial charge in [-0.05, 0) is 35.2 Å². The number of nitrogens with one attached hydrogen (secondary N) is 1. The molecule has 2 heterocycles. The van der Waals surface area contributed by atoms with Gasteiger partial charge in [-0.25, -0.2) is 9.97 Å². The van der Waals surface area contributed by atoms with E-state index in [1.165, 1.54) is 16.9 Å². The van der Waals surface area contributed by atoms with Crippen molar-refractivity contribution >= 4 is 49.2 Å². The van der Waals surface area contributed by atoms with Crippen molar-refractivity contribution in [2.24, 2.45) is 0 Å². The molecule has 0 aliphatic rings. The van der Waals surface area contributed by atoms with Crippen molar-refractivity contribution < 1.29 is 4.79 Å². The van der Waals surface area contributed by atoms with Crippen molar-refractivity contribution in [1.82, 2.24) is 9.97 Å². The number of pyridine rings is 1. The first-order valence-corrected chi connectivity index (χ1v) is 13.0. The Morgan fingerprint density at radius 1 is 0.857 bits per heavy atom. The highest BCUT2D eigenvalue weighted by atomic mass is 79.9.